The molecular formula is C18H17ClN4O5S. The van der Waals surface area contributed by atoms with Crippen LogP contribution in [0.4, 0.5) is 5.82 Å². The summed E-state index contributed by atoms with van der Waals surface area (Å²) in [4.78, 5) is 28.5. The van der Waals surface area contributed by atoms with E-state index < -0.39 is 21.7 Å². The Morgan fingerprint density at radius 2 is 1.97 bits per heavy atom. The fourth-order valence-corrected chi connectivity index (χ4v) is 4.85. The van der Waals surface area contributed by atoms with E-state index in [1.807, 2.05) is 0 Å². The Labute approximate surface area is 170 Å². The number of hydrogen-bond acceptors (Lipinski definition) is 6. The highest BCUT2D eigenvalue weighted by Gasteiger charge is 2.28. The van der Waals surface area contributed by atoms with Crippen molar-refractivity contribution in [2.75, 3.05) is 18.4 Å². The molecule has 1 N–H and O–H groups in total. The minimum Gasteiger partial charge on any atom is -0.408 e. The summed E-state index contributed by atoms with van der Waals surface area (Å²) < 4.78 is 33.1. The smallest absolute Gasteiger partial charge is 0.408 e. The van der Waals surface area contributed by atoms with Crippen molar-refractivity contribution in [2.24, 2.45) is 0 Å². The van der Waals surface area contributed by atoms with Crippen LogP contribution >= 0.6 is 11.6 Å². The molecule has 2 aromatic heterocycles. The van der Waals surface area contributed by atoms with Gasteiger partial charge in [0.1, 0.15) is 12.4 Å². The van der Waals surface area contributed by atoms with E-state index in [1.54, 1.807) is 6.07 Å². The molecule has 1 aliphatic rings. The molecule has 1 aromatic carbocycles. The summed E-state index contributed by atoms with van der Waals surface area (Å²) in [6.45, 7) is 0.642. The highest BCUT2D eigenvalue weighted by atomic mass is 35.5. The molecule has 152 valence electrons. The minimum absolute atomic E-state index is 0.0580. The second-order valence-electron chi connectivity index (χ2n) is 6.60. The first kappa shape index (κ1) is 19.6. The number of oxazole rings is 1. The number of carbonyl (C=O) groups excluding carboxylic acids is 1. The van der Waals surface area contributed by atoms with Crippen LogP contribution in [0.3, 0.4) is 0 Å². The van der Waals surface area contributed by atoms with Crippen molar-refractivity contribution in [1.29, 1.82) is 0 Å². The summed E-state index contributed by atoms with van der Waals surface area (Å²) >= 11 is 5.76. The molecule has 3 heterocycles. The SMILES string of the molecule is O=C(Cn1c(=O)oc2cc(S(=O)(=O)N3CCCC3)ccc21)Nc1ccc(Cl)cn1. The molecule has 11 heteroatoms. The van der Waals surface area contributed by atoms with Crippen molar-refractivity contribution in [3.05, 3.63) is 52.1 Å². The van der Waals surface area contributed by atoms with Gasteiger partial charge in [0.05, 0.1) is 15.4 Å². The van der Waals surface area contributed by atoms with E-state index in [0.29, 0.717) is 29.4 Å². The van der Waals surface area contributed by atoms with E-state index in [1.165, 1.54) is 34.8 Å². The summed E-state index contributed by atoms with van der Waals surface area (Å²) in [5, 5.41) is 2.99. The van der Waals surface area contributed by atoms with Crippen LogP contribution in [0.2, 0.25) is 5.02 Å². The summed E-state index contributed by atoms with van der Waals surface area (Å²) in [7, 11) is -3.64. The Kier molecular flexibility index (Phi) is 5.15. The van der Waals surface area contributed by atoms with Crippen molar-refractivity contribution in [2.45, 2.75) is 24.3 Å². The molecule has 4 rings (SSSR count). The van der Waals surface area contributed by atoms with Gasteiger partial charge in [0.2, 0.25) is 15.9 Å². The molecule has 0 spiro atoms. The molecule has 0 bridgehead atoms. The normalized spacial score (nSPS) is 15.1. The third-order valence-corrected chi connectivity index (χ3v) is 6.76. The van der Waals surface area contributed by atoms with Gasteiger partial charge in [0.25, 0.3) is 0 Å². The molecule has 1 amide bonds. The van der Waals surface area contributed by atoms with Crippen LogP contribution in [-0.2, 0) is 21.4 Å². The first-order valence-corrected chi connectivity index (χ1v) is 10.7. The van der Waals surface area contributed by atoms with Gasteiger partial charge in [0.15, 0.2) is 5.58 Å². The Morgan fingerprint density at radius 1 is 1.21 bits per heavy atom. The van der Waals surface area contributed by atoms with Crippen LogP contribution in [0.15, 0.2) is 50.6 Å². The monoisotopic (exact) mass is 436 g/mol. The number of halogens is 1. The van der Waals surface area contributed by atoms with E-state index in [2.05, 4.69) is 10.3 Å². The number of sulfonamides is 1. The van der Waals surface area contributed by atoms with Gasteiger partial charge < -0.3 is 9.73 Å². The standard InChI is InChI=1S/C18H17ClN4O5S/c19-12-3-6-16(20-10-12)21-17(24)11-23-14-5-4-13(9-15(14)28-18(23)25)29(26,27)22-7-1-2-8-22/h3-6,9-10H,1-2,7-8,11H2,(H,20,21,24). The number of anilines is 1. The van der Waals surface area contributed by atoms with Crippen LogP contribution in [0, 0.1) is 0 Å². The number of aromatic nitrogens is 2. The van der Waals surface area contributed by atoms with Gasteiger partial charge in [0, 0.05) is 25.4 Å². The zero-order chi connectivity index (χ0) is 20.6. The number of pyridine rings is 1. The number of rotatable bonds is 5. The third-order valence-electron chi connectivity index (χ3n) is 4.64. The number of nitrogens with zero attached hydrogens (tertiary/aromatic N) is 3. The molecule has 0 saturated carbocycles. The molecule has 3 aromatic rings. The van der Waals surface area contributed by atoms with E-state index in [4.69, 9.17) is 16.0 Å². The number of nitrogens with one attached hydrogen (secondary N) is 1. The average molecular weight is 437 g/mol. The summed E-state index contributed by atoms with van der Waals surface area (Å²) in [5.41, 5.74) is 0.433. The van der Waals surface area contributed by atoms with Crippen LogP contribution in [-0.4, -0.2) is 41.3 Å². The summed E-state index contributed by atoms with van der Waals surface area (Å²) in [6, 6.07) is 7.31. The molecule has 0 aliphatic carbocycles. The first-order valence-electron chi connectivity index (χ1n) is 8.89. The maximum atomic E-state index is 12.7. The number of benzene rings is 1. The molecule has 1 fully saturated rings. The van der Waals surface area contributed by atoms with Gasteiger partial charge in [-0.25, -0.2) is 18.2 Å². The Bertz CT molecular complexity index is 1230. The average Bonchev–Trinajstić information content (AvgIpc) is 3.32. The zero-order valence-electron chi connectivity index (χ0n) is 15.2. The van der Waals surface area contributed by atoms with Gasteiger partial charge in [-0.2, -0.15) is 4.31 Å². The van der Waals surface area contributed by atoms with Crippen molar-refractivity contribution >= 4 is 44.4 Å². The van der Waals surface area contributed by atoms with Gasteiger partial charge >= 0.3 is 5.76 Å². The Morgan fingerprint density at radius 3 is 2.66 bits per heavy atom. The van der Waals surface area contributed by atoms with Gasteiger partial charge in [-0.1, -0.05) is 11.6 Å². The summed E-state index contributed by atoms with van der Waals surface area (Å²) in [5.74, 6) is -0.951. The van der Waals surface area contributed by atoms with E-state index >= 15 is 0 Å². The number of hydrogen-bond donors (Lipinski definition) is 1. The van der Waals surface area contributed by atoms with Crippen LogP contribution in [0.1, 0.15) is 12.8 Å². The van der Waals surface area contributed by atoms with Crippen molar-refractivity contribution in [3.8, 4) is 0 Å². The Balaban J connectivity index is 1.59. The predicted molar refractivity (Wildman–Crippen MR) is 106 cm³/mol. The highest BCUT2D eigenvalue weighted by molar-refractivity contribution is 7.89. The lowest BCUT2D eigenvalue weighted by atomic mass is 10.3. The van der Waals surface area contributed by atoms with Crippen LogP contribution in [0.25, 0.3) is 11.1 Å². The molecular weight excluding hydrogens is 420 g/mol. The second-order valence-corrected chi connectivity index (χ2v) is 8.98. The molecule has 29 heavy (non-hydrogen) atoms. The van der Waals surface area contributed by atoms with E-state index in [0.717, 1.165) is 17.4 Å². The van der Waals surface area contributed by atoms with Gasteiger partial charge in [-0.3, -0.25) is 9.36 Å². The lowest BCUT2D eigenvalue weighted by molar-refractivity contribution is -0.116. The third kappa shape index (κ3) is 3.91. The largest absolute Gasteiger partial charge is 0.420 e. The maximum Gasteiger partial charge on any atom is 0.420 e. The van der Waals surface area contributed by atoms with Crippen LogP contribution < -0.4 is 11.1 Å². The first-order chi connectivity index (χ1) is 13.8. The second kappa shape index (κ2) is 7.62. The van der Waals surface area contributed by atoms with Gasteiger partial charge in [-0.05, 0) is 37.1 Å². The molecule has 1 aliphatic heterocycles. The lowest BCUT2D eigenvalue weighted by Crippen LogP contribution is -2.27. The number of amides is 1. The maximum absolute atomic E-state index is 12.7. The van der Waals surface area contributed by atoms with E-state index in [-0.39, 0.29) is 17.0 Å². The molecule has 0 atom stereocenters. The number of carbonyl (C=O) groups is 1. The van der Waals surface area contributed by atoms with Crippen molar-refractivity contribution < 1.29 is 17.6 Å². The molecule has 0 radical (unpaired) electrons. The molecule has 0 unspecified atom stereocenters. The van der Waals surface area contributed by atoms with Crippen molar-refractivity contribution in [1.82, 2.24) is 13.9 Å². The topological polar surface area (TPSA) is 115 Å². The minimum atomic E-state index is -3.64. The Hall–Kier alpha value is -2.69. The summed E-state index contributed by atoms with van der Waals surface area (Å²) in [6.07, 6.45) is 3.04. The quantitative estimate of drug-likeness (QED) is 0.654. The molecule has 9 nitrogen and oxygen atoms in total. The van der Waals surface area contributed by atoms with Crippen molar-refractivity contribution in [3.63, 3.8) is 0 Å². The fourth-order valence-electron chi connectivity index (χ4n) is 3.21. The molecule has 1 saturated heterocycles. The van der Waals surface area contributed by atoms with Gasteiger partial charge in [-0.15, -0.1) is 0 Å². The highest BCUT2D eigenvalue weighted by Crippen LogP contribution is 2.24. The van der Waals surface area contributed by atoms with Crippen LogP contribution in [0.5, 0.6) is 0 Å². The van der Waals surface area contributed by atoms with E-state index in [9.17, 15) is 18.0 Å². The predicted octanol–water partition coefficient (Wildman–Crippen LogP) is 2.07. The zero-order valence-corrected chi connectivity index (χ0v) is 16.7. The number of fused-ring (bicyclic) bond motifs is 1. The fraction of sp³-hybridized carbons (Fsp3) is 0.278. The lowest BCUT2D eigenvalue weighted by Gasteiger charge is -2.15.